The zero-order chi connectivity index (χ0) is 35.9. The maximum Gasteiger partial charge on any atom is 0.490 e. The van der Waals surface area contributed by atoms with E-state index in [9.17, 15) is 40.8 Å². The van der Waals surface area contributed by atoms with Crippen molar-refractivity contribution in [3.63, 3.8) is 0 Å². The van der Waals surface area contributed by atoms with Crippen molar-refractivity contribution in [1.82, 2.24) is 14.8 Å². The van der Waals surface area contributed by atoms with E-state index in [1.54, 1.807) is 0 Å². The Morgan fingerprint density at radius 2 is 1.62 bits per heavy atom. The zero-order valence-electron chi connectivity index (χ0n) is 24.4. The minimum absolute atomic E-state index is 0.0534. The lowest BCUT2D eigenvalue weighted by Crippen LogP contribution is -2.54. The number of halogens is 8. The first-order valence-electron chi connectivity index (χ1n) is 13.6. The number of rotatable bonds is 1. The number of aromatic nitrogens is 1. The molecule has 10 nitrogen and oxygen atoms in total. The average molecular weight is 706 g/mol. The summed E-state index contributed by atoms with van der Waals surface area (Å²) in [6.45, 7) is 4.63. The van der Waals surface area contributed by atoms with Gasteiger partial charge in [-0.2, -0.15) is 31.6 Å². The number of piperazine rings is 1. The Morgan fingerprint density at radius 1 is 1.02 bits per heavy atom. The van der Waals surface area contributed by atoms with Crippen LogP contribution in [0, 0.1) is 29.9 Å². The van der Waals surface area contributed by atoms with Gasteiger partial charge in [-0.25, -0.2) is 18.4 Å². The molecule has 0 aliphatic carbocycles. The van der Waals surface area contributed by atoms with Crippen LogP contribution in [0.5, 0.6) is 0 Å². The molecule has 19 heteroatoms. The van der Waals surface area contributed by atoms with Crippen LogP contribution in [0.15, 0.2) is 24.3 Å². The maximum absolute atomic E-state index is 15.9. The molecule has 1 saturated heterocycles. The number of aliphatic carboxylic acids is 2. The van der Waals surface area contributed by atoms with Gasteiger partial charge in [0.1, 0.15) is 22.7 Å². The summed E-state index contributed by atoms with van der Waals surface area (Å²) in [7, 11) is 0. The van der Waals surface area contributed by atoms with Crippen LogP contribution in [0.4, 0.5) is 40.1 Å². The van der Waals surface area contributed by atoms with Gasteiger partial charge in [-0.15, -0.1) is 11.3 Å². The minimum Gasteiger partial charge on any atom is -0.475 e. The molecule has 256 valence electrons. The molecule has 0 bridgehead atoms. The van der Waals surface area contributed by atoms with E-state index in [4.69, 9.17) is 25.5 Å². The number of carbonyl (C=O) groups is 3. The summed E-state index contributed by atoms with van der Waals surface area (Å²) in [5, 5.41) is 28.4. The number of nitrogens with two attached hydrogens (primary N) is 1. The first-order chi connectivity index (χ1) is 22.3. The Hall–Kier alpha value is -4.96. The van der Waals surface area contributed by atoms with E-state index < -0.39 is 35.9 Å². The third-order valence-electron chi connectivity index (χ3n) is 7.55. The Balaban J connectivity index is 0.000000314. The number of nitriles is 1. The van der Waals surface area contributed by atoms with Crippen molar-refractivity contribution in [2.75, 3.05) is 25.4 Å². The average Bonchev–Trinajstić information content (AvgIpc) is 3.51. The largest absolute Gasteiger partial charge is 0.490 e. The highest BCUT2D eigenvalue weighted by Gasteiger charge is 2.39. The molecule has 0 radical (unpaired) electrons. The summed E-state index contributed by atoms with van der Waals surface area (Å²) < 4.78 is 96.3. The number of amides is 1. The van der Waals surface area contributed by atoms with Gasteiger partial charge in [-0.1, -0.05) is 6.07 Å². The highest BCUT2D eigenvalue weighted by atomic mass is 32.1. The molecule has 5 N–H and O–H groups in total. The summed E-state index contributed by atoms with van der Waals surface area (Å²) in [6.07, 6.45) is -9.38. The van der Waals surface area contributed by atoms with Crippen molar-refractivity contribution in [2.45, 2.75) is 38.3 Å². The molecule has 6 rings (SSSR count). The standard InChI is InChI=1S/C25H21F2N5OS.2C2HF3O2/c1-12-8-15-20(14-2-3-18(26)23-21(14)17(10-28)24(29)34-23)19(27)9-16-22(15)31(12)6-4-13-11-30-5-7-32(13)25(16)33;2*3-2(4,5)1(6)7/h2-3,8-9,13,30H,4-7,11,29H2,1H3;2*(H,6,7)/t13-;;/m0../s1. The SMILES string of the molecule is Cc1cc2c(-c3ccc(F)c4sc(N)c(C#N)c34)c(F)cc3c2n1CC[C@H]1CNCCN1C3=O.O=C(O)C(F)(F)F.O=C(O)C(F)(F)F. The second kappa shape index (κ2) is 13.3. The van der Waals surface area contributed by atoms with Crippen molar-refractivity contribution < 1.29 is 59.7 Å². The molecule has 1 atom stereocenters. The Morgan fingerprint density at radius 3 is 2.19 bits per heavy atom. The third-order valence-corrected chi connectivity index (χ3v) is 8.58. The smallest absolute Gasteiger partial charge is 0.475 e. The number of benzene rings is 2. The van der Waals surface area contributed by atoms with Crippen LogP contribution in [0.1, 0.15) is 28.0 Å². The fourth-order valence-electron chi connectivity index (χ4n) is 5.51. The second-order valence-electron chi connectivity index (χ2n) is 10.5. The molecule has 4 aromatic rings. The number of aryl methyl sites for hydroxylation is 2. The molecule has 2 aliphatic rings. The van der Waals surface area contributed by atoms with Gasteiger partial charge in [-0.3, -0.25) is 4.79 Å². The molecule has 0 unspecified atom stereocenters. The third kappa shape index (κ3) is 6.85. The molecule has 4 heterocycles. The number of hydrogen-bond donors (Lipinski definition) is 4. The molecule has 2 aromatic heterocycles. The highest BCUT2D eigenvalue weighted by molar-refractivity contribution is 7.23. The fraction of sp³-hybridized carbons (Fsp3) is 0.310. The lowest BCUT2D eigenvalue weighted by Gasteiger charge is -2.38. The van der Waals surface area contributed by atoms with Gasteiger partial charge in [-0.05, 0) is 37.1 Å². The van der Waals surface area contributed by atoms with E-state index >= 15 is 4.39 Å². The zero-order valence-corrected chi connectivity index (χ0v) is 25.2. The molecular formula is C29H23F8N5O5S. The topological polar surface area (TPSA) is 162 Å². The molecule has 2 aliphatic heterocycles. The monoisotopic (exact) mass is 705 g/mol. The maximum atomic E-state index is 15.9. The molecule has 1 fully saturated rings. The highest BCUT2D eigenvalue weighted by Crippen LogP contribution is 2.45. The van der Waals surface area contributed by atoms with Crippen LogP contribution in [0.2, 0.25) is 0 Å². The number of carbonyl (C=O) groups excluding carboxylic acids is 1. The first kappa shape index (κ1) is 35.9. The van der Waals surface area contributed by atoms with Crippen LogP contribution in [-0.4, -0.2) is 75.6 Å². The fourth-order valence-corrected chi connectivity index (χ4v) is 6.46. The number of alkyl halides is 6. The summed E-state index contributed by atoms with van der Waals surface area (Å²) in [4.78, 5) is 33.2. The summed E-state index contributed by atoms with van der Waals surface area (Å²) >= 11 is 0.982. The van der Waals surface area contributed by atoms with Gasteiger partial charge >= 0.3 is 24.3 Å². The van der Waals surface area contributed by atoms with Gasteiger partial charge in [0, 0.05) is 54.3 Å². The van der Waals surface area contributed by atoms with Gasteiger partial charge < -0.3 is 30.7 Å². The van der Waals surface area contributed by atoms with E-state index in [-0.39, 0.29) is 32.8 Å². The lowest BCUT2D eigenvalue weighted by atomic mass is 9.93. The summed E-state index contributed by atoms with van der Waals surface area (Å²) in [6, 6.07) is 8.06. The number of nitrogen functional groups attached to an aromatic ring is 1. The molecule has 0 saturated carbocycles. The van der Waals surface area contributed by atoms with E-state index in [0.29, 0.717) is 47.1 Å². The predicted molar refractivity (Wildman–Crippen MR) is 156 cm³/mol. The van der Waals surface area contributed by atoms with Gasteiger partial charge in [0.25, 0.3) is 5.91 Å². The van der Waals surface area contributed by atoms with E-state index in [1.165, 1.54) is 18.2 Å². The van der Waals surface area contributed by atoms with Crippen LogP contribution in [0.3, 0.4) is 0 Å². The van der Waals surface area contributed by atoms with Gasteiger partial charge in [0.05, 0.1) is 21.3 Å². The van der Waals surface area contributed by atoms with Gasteiger partial charge in [0.15, 0.2) is 0 Å². The normalized spacial score (nSPS) is 16.1. The van der Waals surface area contributed by atoms with Crippen LogP contribution >= 0.6 is 11.3 Å². The number of nitrogens with one attached hydrogen (secondary N) is 1. The van der Waals surface area contributed by atoms with Gasteiger partial charge in [0.2, 0.25) is 0 Å². The number of nitrogens with zero attached hydrogens (tertiary/aromatic N) is 3. The number of fused-ring (bicyclic) bond motifs is 2. The quantitative estimate of drug-likeness (QED) is 0.185. The van der Waals surface area contributed by atoms with Crippen LogP contribution < -0.4 is 11.1 Å². The summed E-state index contributed by atoms with van der Waals surface area (Å²) in [5.74, 6) is -6.78. The minimum atomic E-state index is -5.08. The molecule has 2 aromatic carbocycles. The number of hydrogen-bond acceptors (Lipinski definition) is 7. The molecule has 48 heavy (non-hydrogen) atoms. The van der Waals surface area contributed by atoms with Crippen molar-refractivity contribution >= 4 is 55.2 Å². The van der Waals surface area contributed by atoms with Crippen molar-refractivity contribution in [2.24, 2.45) is 0 Å². The predicted octanol–water partition coefficient (Wildman–Crippen LogP) is 5.65. The summed E-state index contributed by atoms with van der Waals surface area (Å²) in [5.41, 5.74) is 8.73. The Bertz CT molecular complexity index is 1960. The van der Waals surface area contributed by atoms with E-state index in [1.807, 2.05) is 17.9 Å². The van der Waals surface area contributed by atoms with E-state index in [0.717, 1.165) is 30.0 Å². The molecular weight excluding hydrogens is 682 g/mol. The van der Waals surface area contributed by atoms with Crippen molar-refractivity contribution in [3.8, 4) is 17.2 Å². The second-order valence-corrected chi connectivity index (χ2v) is 11.5. The van der Waals surface area contributed by atoms with Crippen LogP contribution in [-0.2, 0) is 16.1 Å². The van der Waals surface area contributed by atoms with Crippen LogP contribution in [0.25, 0.3) is 32.1 Å². The number of thiophene rings is 1. The van der Waals surface area contributed by atoms with Crippen molar-refractivity contribution in [1.29, 1.82) is 5.26 Å². The number of carboxylic acid groups (broad SMARTS) is 2. The number of anilines is 1. The Labute approximate surface area is 268 Å². The molecule has 1 amide bonds. The lowest BCUT2D eigenvalue weighted by molar-refractivity contribution is -0.193. The van der Waals surface area contributed by atoms with Crippen molar-refractivity contribution in [3.05, 3.63) is 52.7 Å². The number of carboxylic acids is 2. The Kier molecular flexibility index (Phi) is 9.92. The van der Waals surface area contributed by atoms with E-state index in [2.05, 4.69) is 16.0 Å². The molecule has 0 spiro atoms. The first-order valence-corrected chi connectivity index (χ1v) is 14.5.